The Morgan fingerprint density at radius 2 is 1.81 bits per heavy atom. The van der Waals surface area contributed by atoms with E-state index < -0.39 is 11.3 Å². The predicted molar refractivity (Wildman–Crippen MR) is 99.8 cm³/mol. The first-order valence-electron chi connectivity index (χ1n) is 9.62. The van der Waals surface area contributed by atoms with E-state index in [1.165, 1.54) is 0 Å². The number of anilines is 1. The van der Waals surface area contributed by atoms with E-state index in [2.05, 4.69) is 5.32 Å². The number of nitrogens with one attached hydrogen (secondary N) is 2. The SMILES string of the molecule is O=C(CC1(C2CCCCC2)CCN(CC(=O)Nc2ccccc2)C1=O)NO. The van der Waals surface area contributed by atoms with Crippen molar-refractivity contribution in [1.82, 2.24) is 10.4 Å². The number of hydrogen-bond acceptors (Lipinski definition) is 4. The predicted octanol–water partition coefficient (Wildman–Crippen LogP) is 2.32. The Morgan fingerprint density at radius 3 is 2.48 bits per heavy atom. The lowest BCUT2D eigenvalue weighted by atomic mass is 9.65. The molecule has 1 aromatic rings. The first kappa shape index (κ1) is 19.4. The van der Waals surface area contributed by atoms with Gasteiger partial charge in [-0.25, -0.2) is 5.48 Å². The minimum Gasteiger partial charge on any atom is -0.333 e. The second-order valence-corrected chi connectivity index (χ2v) is 7.59. The van der Waals surface area contributed by atoms with E-state index in [0.717, 1.165) is 32.1 Å². The Labute approximate surface area is 159 Å². The molecule has 146 valence electrons. The van der Waals surface area contributed by atoms with Gasteiger partial charge in [0.1, 0.15) is 0 Å². The molecule has 1 aromatic carbocycles. The second-order valence-electron chi connectivity index (χ2n) is 7.59. The number of hydrogen-bond donors (Lipinski definition) is 3. The van der Waals surface area contributed by atoms with Crippen LogP contribution in [0.25, 0.3) is 0 Å². The lowest BCUT2D eigenvalue weighted by Gasteiger charge is -2.37. The van der Waals surface area contributed by atoms with Crippen molar-refractivity contribution in [1.29, 1.82) is 0 Å². The highest BCUT2D eigenvalue weighted by molar-refractivity contribution is 5.97. The molecule has 0 aromatic heterocycles. The molecule has 1 saturated carbocycles. The van der Waals surface area contributed by atoms with Crippen molar-refractivity contribution in [2.45, 2.75) is 44.9 Å². The summed E-state index contributed by atoms with van der Waals surface area (Å²) in [6.45, 7) is 0.430. The van der Waals surface area contributed by atoms with Crippen molar-refractivity contribution < 1.29 is 19.6 Å². The molecule has 1 aliphatic carbocycles. The fourth-order valence-corrected chi connectivity index (χ4v) is 4.57. The summed E-state index contributed by atoms with van der Waals surface area (Å²) < 4.78 is 0. The molecule has 0 bridgehead atoms. The first-order chi connectivity index (χ1) is 13.0. The summed E-state index contributed by atoms with van der Waals surface area (Å²) in [6.07, 6.45) is 5.59. The van der Waals surface area contributed by atoms with E-state index in [1.54, 1.807) is 22.5 Å². The minimum atomic E-state index is -0.805. The van der Waals surface area contributed by atoms with E-state index in [-0.39, 0.29) is 30.7 Å². The van der Waals surface area contributed by atoms with Gasteiger partial charge in [0.2, 0.25) is 17.7 Å². The molecule has 7 heteroatoms. The number of hydroxylamine groups is 1. The van der Waals surface area contributed by atoms with Crippen LogP contribution in [0, 0.1) is 11.3 Å². The summed E-state index contributed by atoms with van der Waals surface area (Å²) in [6, 6.07) is 9.12. The highest BCUT2D eigenvalue weighted by Crippen LogP contribution is 2.48. The molecular weight excluding hydrogens is 346 g/mol. The maximum atomic E-state index is 13.3. The minimum absolute atomic E-state index is 0.0240. The number of carbonyl (C=O) groups excluding carboxylic acids is 3. The summed E-state index contributed by atoms with van der Waals surface area (Å²) in [5, 5.41) is 11.8. The molecule has 27 heavy (non-hydrogen) atoms. The van der Waals surface area contributed by atoms with Gasteiger partial charge in [0.15, 0.2) is 0 Å². The Morgan fingerprint density at radius 1 is 1.11 bits per heavy atom. The van der Waals surface area contributed by atoms with Crippen molar-refractivity contribution in [3.8, 4) is 0 Å². The van der Waals surface area contributed by atoms with Crippen LogP contribution in [0.3, 0.4) is 0 Å². The largest absolute Gasteiger partial charge is 0.333 e. The molecule has 1 saturated heterocycles. The smallest absolute Gasteiger partial charge is 0.244 e. The summed E-state index contributed by atoms with van der Waals surface area (Å²) in [5.41, 5.74) is 1.56. The van der Waals surface area contributed by atoms with Crippen LogP contribution < -0.4 is 10.8 Å². The molecule has 2 aliphatic rings. The third-order valence-corrected chi connectivity index (χ3v) is 5.92. The third-order valence-electron chi connectivity index (χ3n) is 5.92. The van der Waals surface area contributed by atoms with E-state index in [9.17, 15) is 14.4 Å². The van der Waals surface area contributed by atoms with Gasteiger partial charge in [0, 0.05) is 18.7 Å². The Kier molecular flexibility index (Phi) is 6.11. The summed E-state index contributed by atoms with van der Waals surface area (Å²) >= 11 is 0. The van der Waals surface area contributed by atoms with Gasteiger partial charge in [-0.1, -0.05) is 37.5 Å². The molecule has 7 nitrogen and oxygen atoms in total. The molecule has 1 aliphatic heterocycles. The number of carbonyl (C=O) groups is 3. The first-order valence-corrected chi connectivity index (χ1v) is 9.62. The lowest BCUT2D eigenvalue weighted by Crippen LogP contribution is -2.45. The van der Waals surface area contributed by atoms with Crippen molar-refractivity contribution in [3.63, 3.8) is 0 Å². The highest BCUT2D eigenvalue weighted by Gasteiger charge is 2.52. The summed E-state index contributed by atoms with van der Waals surface area (Å²) in [5.74, 6) is -0.801. The zero-order valence-corrected chi connectivity index (χ0v) is 15.4. The maximum absolute atomic E-state index is 13.3. The number of likely N-dealkylation sites (tertiary alicyclic amines) is 1. The van der Waals surface area contributed by atoms with Crippen LogP contribution in [-0.4, -0.2) is 40.9 Å². The van der Waals surface area contributed by atoms with Crippen LogP contribution >= 0.6 is 0 Å². The molecule has 3 amide bonds. The number of amides is 3. The Hall–Kier alpha value is -2.41. The monoisotopic (exact) mass is 373 g/mol. The molecule has 3 N–H and O–H groups in total. The second kappa shape index (κ2) is 8.52. The van der Waals surface area contributed by atoms with Crippen LogP contribution in [0.2, 0.25) is 0 Å². The average molecular weight is 373 g/mol. The summed E-state index contributed by atoms with van der Waals surface area (Å²) in [7, 11) is 0. The molecule has 1 heterocycles. The van der Waals surface area contributed by atoms with Crippen LogP contribution in [0.15, 0.2) is 30.3 Å². The van der Waals surface area contributed by atoms with Crippen LogP contribution in [0.1, 0.15) is 44.9 Å². The van der Waals surface area contributed by atoms with Gasteiger partial charge in [-0.15, -0.1) is 0 Å². The van der Waals surface area contributed by atoms with Crippen molar-refractivity contribution in [2.24, 2.45) is 11.3 Å². The van der Waals surface area contributed by atoms with E-state index >= 15 is 0 Å². The van der Waals surface area contributed by atoms with Gasteiger partial charge in [-0.3, -0.25) is 19.6 Å². The van der Waals surface area contributed by atoms with E-state index in [4.69, 9.17) is 5.21 Å². The molecule has 3 rings (SSSR count). The standard InChI is InChI=1S/C20H27N3O4/c24-17(22-27)13-20(15-7-3-1-4-8-15)11-12-23(19(20)26)14-18(25)21-16-9-5-2-6-10-16/h2,5-6,9-10,15,27H,1,3-4,7-8,11-14H2,(H,21,25)(H,22,24). The zero-order valence-electron chi connectivity index (χ0n) is 15.4. The number of nitrogens with zero attached hydrogens (tertiary/aromatic N) is 1. The Balaban J connectivity index is 1.70. The highest BCUT2D eigenvalue weighted by atomic mass is 16.5. The normalized spacial score (nSPS) is 23.3. The lowest BCUT2D eigenvalue weighted by molar-refractivity contribution is -0.146. The van der Waals surface area contributed by atoms with Crippen LogP contribution in [0.5, 0.6) is 0 Å². The summed E-state index contributed by atoms with van der Waals surface area (Å²) in [4.78, 5) is 39.1. The van der Waals surface area contributed by atoms with Gasteiger partial charge in [0.05, 0.1) is 12.0 Å². The van der Waals surface area contributed by atoms with Gasteiger partial charge >= 0.3 is 0 Å². The van der Waals surface area contributed by atoms with Crippen LogP contribution in [-0.2, 0) is 14.4 Å². The van der Waals surface area contributed by atoms with Gasteiger partial charge in [-0.2, -0.15) is 0 Å². The van der Waals surface area contributed by atoms with E-state index in [0.29, 0.717) is 18.7 Å². The molecular formula is C20H27N3O4. The van der Waals surface area contributed by atoms with Crippen LogP contribution in [0.4, 0.5) is 5.69 Å². The Bertz CT molecular complexity index is 688. The zero-order chi connectivity index (χ0) is 19.3. The van der Waals surface area contributed by atoms with Gasteiger partial charge in [-0.05, 0) is 37.3 Å². The van der Waals surface area contributed by atoms with Gasteiger partial charge in [0.25, 0.3) is 0 Å². The average Bonchev–Trinajstić information content (AvgIpc) is 3.00. The molecule has 1 atom stereocenters. The van der Waals surface area contributed by atoms with Crippen molar-refractivity contribution in [2.75, 3.05) is 18.4 Å². The topological polar surface area (TPSA) is 98.7 Å². The fraction of sp³-hybridized carbons (Fsp3) is 0.550. The number of benzene rings is 1. The van der Waals surface area contributed by atoms with E-state index in [1.807, 2.05) is 18.2 Å². The third kappa shape index (κ3) is 4.30. The van der Waals surface area contributed by atoms with Crippen molar-refractivity contribution in [3.05, 3.63) is 30.3 Å². The molecule has 1 unspecified atom stereocenters. The molecule has 0 spiro atoms. The van der Waals surface area contributed by atoms with Gasteiger partial charge < -0.3 is 10.2 Å². The fourth-order valence-electron chi connectivity index (χ4n) is 4.57. The van der Waals surface area contributed by atoms with Crippen molar-refractivity contribution >= 4 is 23.4 Å². The molecule has 2 fully saturated rings. The number of para-hydroxylation sites is 1. The quantitative estimate of drug-likeness (QED) is 0.526. The molecule has 0 radical (unpaired) electrons. The maximum Gasteiger partial charge on any atom is 0.244 e. The number of rotatable bonds is 6.